The summed E-state index contributed by atoms with van der Waals surface area (Å²) in [6.07, 6.45) is 0. The van der Waals surface area contributed by atoms with Crippen molar-refractivity contribution in [3.8, 4) is 10.6 Å². The lowest BCUT2D eigenvalue weighted by Crippen LogP contribution is -2.34. The molecule has 0 saturated carbocycles. The number of benzene rings is 3. The van der Waals surface area contributed by atoms with E-state index >= 15 is 0 Å². The minimum absolute atomic E-state index is 0.223. The van der Waals surface area contributed by atoms with E-state index in [0.717, 1.165) is 38.5 Å². The molecule has 0 aliphatic carbocycles. The van der Waals surface area contributed by atoms with Gasteiger partial charge in [-0.2, -0.15) is 0 Å². The van der Waals surface area contributed by atoms with Crippen molar-refractivity contribution in [1.82, 2.24) is 10.3 Å². The number of anilines is 1. The molecule has 4 aromatic rings. The maximum absolute atomic E-state index is 12.5. The van der Waals surface area contributed by atoms with Crippen LogP contribution in [-0.4, -0.2) is 16.0 Å². The quantitative estimate of drug-likeness (QED) is 0.390. The van der Waals surface area contributed by atoms with Crippen molar-refractivity contribution < 1.29 is 4.79 Å². The molecule has 0 radical (unpaired) electrons. The largest absolute Gasteiger partial charge is 0.332 e. The van der Waals surface area contributed by atoms with Crippen LogP contribution in [-0.2, 0) is 0 Å². The van der Waals surface area contributed by atoms with Gasteiger partial charge in [-0.25, -0.2) is 4.98 Å². The zero-order valence-electron chi connectivity index (χ0n) is 16.9. The number of hydrogen-bond donors (Lipinski definition) is 2. The van der Waals surface area contributed by atoms with Crippen LogP contribution in [0.15, 0.2) is 60.7 Å². The average Bonchev–Trinajstić information content (AvgIpc) is 3.15. The standard InChI is InChI=1S/C24H21N3OS2/c1-14-8-9-17(12-15(14)2)22(28)27-24(29)26-19-11-10-18(13-16(19)3)23-25-20-6-4-5-7-21(20)30-23/h4-13H,1-3H3,(H2,26,27,28,29). The van der Waals surface area contributed by atoms with Crippen LogP contribution < -0.4 is 10.6 Å². The number of aryl methyl sites for hydroxylation is 3. The third-order valence-corrected chi connectivity index (χ3v) is 6.30. The highest BCUT2D eigenvalue weighted by molar-refractivity contribution is 7.80. The fourth-order valence-corrected chi connectivity index (χ4v) is 4.31. The Morgan fingerprint density at radius 2 is 1.73 bits per heavy atom. The van der Waals surface area contributed by atoms with Gasteiger partial charge in [0.25, 0.3) is 5.91 Å². The highest BCUT2D eigenvalue weighted by atomic mass is 32.1. The van der Waals surface area contributed by atoms with Gasteiger partial charge in [0.15, 0.2) is 5.11 Å². The Labute approximate surface area is 185 Å². The van der Waals surface area contributed by atoms with Crippen LogP contribution >= 0.6 is 23.6 Å². The molecule has 4 nitrogen and oxygen atoms in total. The number of aromatic nitrogens is 1. The number of carbonyl (C=O) groups is 1. The molecule has 0 unspecified atom stereocenters. The molecule has 1 amide bonds. The Kier molecular flexibility index (Phi) is 5.61. The monoisotopic (exact) mass is 431 g/mol. The number of fused-ring (bicyclic) bond motifs is 1. The van der Waals surface area contributed by atoms with E-state index in [-0.39, 0.29) is 11.0 Å². The lowest BCUT2D eigenvalue weighted by atomic mass is 10.1. The Morgan fingerprint density at radius 1 is 0.933 bits per heavy atom. The first-order valence-electron chi connectivity index (χ1n) is 9.57. The third kappa shape index (κ3) is 4.25. The van der Waals surface area contributed by atoms with Crippen molar-refractivity contribution in [2.45, 2.75) is 20.8 Å². The zero-order valence-corrected chi connectivity index (χ0v) is 18.6. The summed E-state index contributed by atoms with van der Waals surface area (Å²) < 4.78 is 1.17. The fraction of sp³-hybridized carbons (Fsp3) is 0.125. The third-order valence-electron chi connectivity index (χ3n) is 5.01. The molecule has 0 bridgehead atoms. The second-order valence-corrected chi connectivity index (χ2v) is 8.66. The minimum atomic E-state index is -0.223. The lowest BCUT2D eigenvalue weighted by Gasteiger charge is -2.13. The summed E-state index contributed by atoms with van der Waals surface area (Å²) in [6, 6.07) is 19.8. The van der Waals surface area contributed by atoms with E-state index in [2.05, 4.69) is 22.8 Å². The zero-order chi connectivity index (χ0) is 21.3. The predicted octanol–water partition coefficient (Wildman–Crippen LogP) is 6.02. The van der Waals surface area contributed by atoms with Crippen LogP contribution in [0.2, 0.25) is 0 Å². The number of para-hydroxylation sites is 1. The number of amides is 1. The number of carbonyl (C=O) groups excluding carboxylic acids is 1. The van der Waals surface area contributed by atoms with Gasteiger partial charge in [0.05, 0.1) is 10.2 Å². The van der Waals surface area contributed by atoms with Gasteiger partial charge in [-0.05, 0) is 92.1 Å². The normalized spacial score (nSPS) is 10.8. The fourth-order valence-electron chi connectivity index (χ4n) is 3.14. The molecule has 0 aliphatic rings. The van der Waals surface area contributed by atoms with Crippen molar-refractivity contribution in [3.05, 3.63) is 82.9 Å². The van der Waals surface area contributed by atoms with Crippen LogP contribution in [0.1, 0.15) is 27.0 Å². The summed E-state index contributed by atoms with van der Waals surface area (Å²) in [6.45, 7) is 6.01. The first-order chi connectivity index (χ1) is 14.4. The maximum atomic E-state index is 12.5. The van der Waals surface area contributed by atoms with E-state index in [9.17, 15) is 4.79 Å². The highest BCUT2D eigenvalue weighted by Crippen LogP contribution is 2.31. The molecule has 6 heteroatoms. The average molecular weight is 432 g/mol. The molecule has 3 aromatic carbocycles. The van der Waals surface area contributed by atoms with Gasteiger partial charge in [-0.3, -0.25) is 10.1 Å². The van der Waals surface area contributed by atoms with Crippen molar-refractivity contribution >= 4 is 50.5 Å². The van der Waals surface area contributed by atoms with Crippen molar-refractivity contribution in [1.29, 1.82) is 0 Å². The van der Waals surface area contributed by atoms with Crippen LogP contribution in [0.25, 0.3) is 20.8 Å². The predicted molar refractivity (Wildman–Crippen MR) is 129 cm³/mol. The van der Waals surface area contributed by atoms with Gasteiger partial charge in [0.1, 0.15) is 5.01 Å². The summed E-state index contributed by atoms with van der Waals surface area (Å²) in [5, 5.41) is 7.13. The number of nitrogens with one attached hydrogen (secondary N) is 2. The summed E-state index contributed by atoms with van der Waals surface area (Å²) in [5.41, 5.74) is 6.75. The summed E-state index contributed by atoms with van der Waals surface area (Å²) in [7, 11) is 0. The van der Waals surface area contributed by atoms with Crippen molar-refractivity contribution in [2.75, 3.05) is 5.32 Å². The number of hydrogen-bond acceptors (Lipinski definition) is 4. The smallest absolute Gasteiger partial charge is 0.257 e. The van der Waals surface area contributed by atoms with Crippen LogP contribution in [0.5, 0.6) is 0 Å². The van der Waals surface area contributed by atoms with E-state index in [4.69, 9.17) is 17.2 Å². The van der Waals surface area contributed by atoms with Gasteiger partial charge in [0.2, 0.25) is 0 Å². The van der Waals surface area contributed by atoms with E-state index in [0.29, 0.717) is 5.56 Å². The molecule has 1 aromatic heterocycles. The first-order valence-corrected chi connectivity index (χ1v) is 10.8. The molecule has 4 rings (SSSR count). The number of rotatable bonds is 3. The molecular weight excluding hydrogens is 410 g/mol. The lowest BCUT2D eigenvalue weighted by molar-refractivity contribution is 0.0977. The number of thiazole rings is 1. The van der Waals surface area contributed by atoms with Crippen molar-refractivity contribution in [2.24, 2.45) is 0 Å². The molecule has 0 atom stereocenters. The second-order valence-electron chi connectivity index (χ2n) is 7.22. The molecule has 0 aliphatic heterocycles. The molecule has 30 heavy (non-hydrogen) atoms. The van der Waals surface area contributed by atoms with Crippen LogP contribution in [0.4, 0.5) is 5.69 Å². The molecular formula is C24H21N3OS2. The molecule has 1 heterocycles. The van der Waals surface area contributed by atoms with Gasteiger partial charge in [-0.1, -0.05) is 18.2 Å². The van der Waals surface area contributed by atoms with Gasteiger partial charge < -0.3 is 5.32 Å². The van der Waals surface area contributed by atoms with E-state index in [1.54, 1.807) is 17.4 Å². The molecule has 150 valence electrons. The Morgan fingerprint density at radius 3 is 2.47 bits per heavy atom. The number of nitrogens with zero attached hydrogens (tertiary/aromatic N) is 1. The Hall–Kier alpha value is -3.09. The minimum Gasteiger partial charge on any atom is -0.332 e. The van der Waals surface area contributed by atoms with Gasteiger partial charge in [0, 0.05) is 16.8 Å². The van der Waals surface area contributed by atoms with Gasteiger partial charge >= 0.3 is 0 Å². The summed E-state index contributed by atoms with van der Waals surface area (Å²) >= 11 is 7.02. The van der Waals surface area contributed by atoms with Gasteiger partial charge in [-0.15, -0.1) is 11.3 Å². The van der Waals surface area contributed by atoms with Crippen LogP contribution in [0, 0.1) is 20.8 Å². The Bertz CT molecular complexity index is 1240. The Balaban J connectivity index is 1.47. The van der Waals surface area contributed by atoms with Crippen LogP contribution in [0.3, 0.4) is 0 Å². The SMILES string of the molecule is Cc1ccc(C(=O)NC(=S)Nc2ccc(-c3nc4ccccc4s3)cc2C)cc1C. The molecule has 0 saturated heterocycles. The summed E-state index contributed by atoms with van der Waals surface area (Å²) in [5.74, 6) is -0.223. The van der Waals surface area contributed by atoms with E-state index < -0.39 is 0 Å². The van der Waals surface area contributed by atoms with Crippen molar-refractivity contribution in [3.63, 3.8) is 0 Å². The van der Waals surface area contributed by atoms with E-state index in [1.807, 2.05) is 63.2 Å². The first kappa shape index (κ1) is 20.2. The summed E-state index contributed by atoms with van der Waals surface area (Å²) in [4.78, 5) is 17.2. The maximum Gasteiger partial charge on any atom is 0.257 e. The highest BCUT2D eigenvalue weighted by Gasteiger charge is 2.11. The topological polar surface area (TPSA) is 54.0 Å². The molecule has 0 fully saturated rings. The molecule has 2 N–H and O–H groups in total. The number of thiocarbonyl (C=S) groups is 1. The second kappa shape index (κ2) is 8.34. The molecule has 0 spiro atoms. The van der Waals surface area contributed by atoms with E-state index in [1.165, 1.54) is 4.70 Å².